The normalized spacial score (nSPS) is 10.3. The van der Waals surface area contributed by atoms with E-state index in [4.69, 9.17) is 9.47 Å². The number of methoxy groups -OCH3 is 1. The largest absolute Gasteiger partial charge is 0.382 e. The highest BCUT2D eigenvalue weighted by Crippen LogP contribution is 2.10. The minimum atomic E-state index is -0.0229. The van der Waals surface area contributed by atoms with E-state index in [1.54, 1.807) is 13.3 Å². The number of amides is 1. The number of anilines is 1. The van der Waals surface area contributed by atoms with Crippen LogP contribution in [0.15, 0.2) is 11.6 Å². The van der Waals surface area contributed by atoms with E-state index in [2.05, 4.69) is 10.3 Å². The highest BCUT2D eigenvalue weighted by atomic mass is 32.1. The molecule has 6 heteroatoms. The fourth-order valence-electron chi connectivity index (χ4n) is 1.05. The molecule has 5 nitrogen and oxygen atoms in total. The summed E-state index contributed by atoms with van der Waals surface area (Å²) in [5.74, 6) is -0.0229. The third kappa shape index (κ3) is 5.79. The molecule has 0 unspecified atom stereocenters. The lowest BCUT2D eigenvalue weighted by atomic mass is 10.3. The van der Waals surface area contributed by atoms with Crippen molar-refractivity contribution >= 4 is 22.4 Å². The maximum atomic E-state index is 11.4. The summed E-state index contributed by atoms with van der Waals surface area (Å²) in [7, 11) is 1.63. The number of carbonyl (C=O) groups excluding carboxylic acids is 1. The molecule has 0 aromatic carbocycles. The molecule has 0 aliphatic heterocycles. The number of hydrogen-bond acceptors (Lipinski definition) is 5. The third-order valence-corrected chi connectivity index (χ3v) is 2.49. The van der Waals surface area contributed by atoms with E-state index >= 15 is 0 Å². The molecule has 0 aliphatic rings. The average molecular weight is 244 g/mol. The number of hydrogen-bond donors (Lipinski definition) is 1. The molecule has 1 rings (SSSR count). The fourth-order valence-corrected chi connectivity index (χ4v) is 1.59. The summed E-state index contributed by atoms with van der Waals surface area (Å²) < 4.78 is 10.1. The van der Waals surface area contributed by atoms with E-state index in [1.807, 2.05) is 5.38 Å². The zero-order valence-corrected chi connectivity index (χ0v) is 10.1. The standard InChI is InChI=1S/C10H16N2O3S/c1-14-6-7-15-5-2-3-9(13)12-10-11-4-8-16-10/h4,8H,2-3,5-7H2,1H3,(H,11,12,13). The first-order valence-corrected chi connectivity index (χ1v) is 5.97. The van der Waals surface area contributed by atoms with Gasteiger partial charge in [-0.1, -0.05) is 0 Å². The van der Waals surface area contributed by atoms with Crippen LogP contribution in [-0.2, 0) is 14.3 Å². The van der Waals surface area contributed by atoms with E-state index in [0.717, 1.165) is 0 Å². The molecule has 90 valence electrons. The predicted octanol–water partition coefficient (Wildman–Crippen LogP) is 1.52. The van der Waals surface area contributed by atoms with E-state index in [1.165, 1.54) is 11.3 Å². The number of aromatic nitrogens is 1. The molecule has 1 N–H and O–H groups in total. The van der Waals surface area contributed by atoms with Crippen LogP contribution in [0.3, 0.4) is 0 Å². The van der Waals surface area contributed by atoms with Gasteiger partial charge < -0.3 is 14.8 Å². The minimum absolute atomic E-state index is 0.0229. The molecule has 16 heavy (non-hydrogen) atoms. The van der Waals surface area contributed by atoms with Crippen molar-refractivity contribution in [2.45, 2.75) is 12.8 Å². The molecule has 0 saturated carbocycles. The first-order valence-electron chi connectivity index (χ1n) is 5.09. The van der Waals surface area contributed by atoms with Crippen molar-refractivity contribution < 1.29 is 14.3 Å². The lowest BCUT2D eigenvalue weighted by molar-refractivity contribution is -0.116. The van der Waals surface area contributed by atoms with E-state index in [-0.39, 0.29) is 5.91 Å². The van der Waals surface area contributed by atoms with Crippen LogP contribution in [0.5, 0.6) is 0 Å². The molecule has 0 bridgehead atoms. The second-order valence-corrected chi connectivity index (χ2v) is 3.99. The Hall–Kier alpha value is -0.980. The fraction of sp³-hybridized carbons (Fsp3) is 0.600. The van der Waals surface area contributed by atoms with Gasteiger partial charge in [0.2, 0.25) is 5.91 Å². The summed E-state index contributed by atoms with van der Waals surface area (Å²) in [4.78, 5) is 15.3. The molecule has 1 aromatic heterocycles. The van der Waals surface area contributed by atoms with Gasteiger partial charge in [-0.3, -0.25) is 4.79 Å². The summed E-state index contributed by atoms with van der Waals surface area (Å²) >= 11 is 1.41. The van der Waals surface area contributed by atoms with Crippen LogP contribution in [-0.4, -0.2) is 37.8 Å². The Kier molecular flexibility index (Phi) is 6.71. The zero-order valence-electron chi connectivity index (χ0n) is 9.27. The molecule has 1 amide bonds. The van der Waals surface area contributed by atoms with Crippen LogP contribution in [0.1, 0.15) is 12.8 Å². The van der Waals surface area contributed by atoms with Gasteiger partial charge in [-0.2, -0.15) is 0 Å². The van der Waals surface area contributed by atoms with Crippen LogP contribution in [0, 0.1) is 0 Å². The van der Waals surface area contributed by atoms with Gasteiger partial charge in [-0.15, -0.1) is 11.3 Å². The van der Waals surface area contributed by atoms with Crippen molar-refractivity contribution in [2.75, 3.05) is 32.2 Å². The maximum absolute atomic E-state index is 11.4. The summed E-state index contributed by atoms with van der Waals surface area (Å²) in [6, 6.07) is 0. The smallest absolute Gasteiger partial charge is 0.226 e. The molecule has 0 saturated heterocycles. The lowest BCUT2D eigenvalue weighted by Gasteiger charge is -2.03. The number of nitrogens with zero attached hydrogens (tertiary/aromatic N) is 1. The summed E-state index contributed by atoms with van der Waals surface area (Å²) in [6.07, 6.45) is 2.82. The summed E-state index contributed by atoms with van der Waals surface area (Å²) in [5, 5.41) is 5.18. The first-order chi connectivity index (χ1) is 7.83. The quantitative estimate of drug-likeness (QED) is 0.704. The molecular formula is C10H16N2O3S. The first kappa shape index (κ1) is 13.1. The van der Waals surface area contributed by atoms with Gasteiger partial charge in [0, 0.05) is 31.7 Å². The van der Waals surface area contributed by atoms with Crippen LogP contribution in [0.4, 0.5) is 5.13 Å². The van der Waals surface area contributed by atoms with Crippen LogP contribution < -0.4 is 5.32 Å². The van der Waals surface area contributed by atoms with Gasteiger partial charge in [-0.25, -0.2) is 4.98 Å². The molecular weight excluding hydrogens is 228 g/mol. The Labute approximate surface area is 98.8 Å². The highest BCUT2D eigenvalue weighted by molar-refractivity contribution is 7.13. The highest BCUT2D eigenvalue weighted by Gasteiger charge is 2.03. The Balaban J connectivity index is 1.98. The number of carbonyl (C=O) groups is 1. The van der Waals surface area contributed by atoms with Crippen molar-refractivity contribution in [3.63, 3.8) is 0 Å². The van der Waals surface area contributed by atoms with E-state index < -0.39 is 0 Å². The summed E-state index contributed by atoms with van der Waals surface area (Å²) in [6.45, 7) is 1.74. The van der Waals surface area contributed by atoms with Gasteiger partial charge in [-0.05, 0) is 6.42 Å². The molecule has 0 atom stereocenters. The number of rotatable bonds is 8. The molecule has 0 radical (unpaired) electrons. The lowest BCUT2D eigenvalue weighted by Crippen LogP contribution is -2.12. The Morgan fingerprint density at radius 2 is 2.38 bits per heavy atom. The monoisotopic (exact) mass is 244 g/mol. The van der Waals surface area contributed by atoms with Crippen LogP contribution >= 0.6 is 11.3 Å². The van der Waals surface area contributed by atoms with Crippen molar-refractivity contribution in [1.29, 1.82) is 0 Å². The second kappa shape index (κ2) is 8.20. The van der Waals surface area contributed by atoms with Gasteiger partial charge in [0.25, 0.3) is 0 Å². The minimum Gasteiger partial charge on any atom is -0.382 e. The number of thiazole rings is 1. The van der Waals surface area contributed by atoms with Crippen LogP contribution in [0.2, 0.25) is 0 Å². The number of ether oxygens (including phenoxy) is 2. The molecule has 1 aromatic rings. The Bertz CT molecular complexity index is 290. The van der Waals surface area contributed by atoms with Crippen molar-refractivity contribution in [1.82, 2.24) is 4.98 Å². The molecule has 0 spiro atoms. The van der Waals surface area contributed by atoms with E-state index in [0.29, 0.717) is 37.8 Å². The number of nitrogens with one attached hydrogen (secondary N) is 1. The van der Waals surface area contributed by atoms with Crippen LogP contribution in [0.25, 0.3) is 0 Å². The van der Waals surface area contributed by atoms with Crippen molar-refractivity contribution in [3.8, 4) is 0 Å². The van der Waals surface area contributed by atoms with Gasteiger partial charge >= 0.3 is 0 Å². The van der Waals surface area contributed by atoms with Crippen molar-refractivity contribution in [3.05, 3.63) is 11.6 Å². The maximum Gasteiger partial charge on any atom is 0.226 e. The molecule has 0 fully saturated rings. The summed E-state index contributed by atoms with van der Waals surface area (Å²) in [5.41, 5.74) is 0. The zero-order chi connectivity index (χ0) is 11.6. The molecule has 0 aliphatic carbocycles. The van der Waals surface area contributed by atoms with Gasteiger partial charge in [0.1, 0.15) is 0 Å². The molecule has 1 heterocycles. The predicted molar refractivity (Wildman–Crippen MR) is 62.7 cm³/mol. The van der Waals surface area contributed by atoms with E-state index in [9.17, 15) is 4.79 Å². The Morgan fingerprint density at radius 3 is 3.06 bits per heavy atom. The third-order valence-electron chi connectivity index (χ3n) is 1.80. The average Bonchev–Trinajstić information content (AvgIpc) is 2.76. The topological polar surface area (TPSA) is 60.5 Å². The van der Waals surface area contributed by atoms with Gasteiger partial charge in [0.05, 0.1) is 13.2 Å². The van der Waals surface area contributed by atoms with Crippen molar-refractivity contribution in [2.24, 2.45) is 0 Å². The van der Waals surface area contributed by atoms with Gasteiger partial charge in [0.15, 0.2) is 5.13 Å². The SMILES string of the molecule is COCCOCCCC(=O)Nc1nccs1. The Morgan fingerprint density at radius 1 is 1.50 bits per heavy atom. The second-order valence-electron chi connectivity index (χ2n) is 3.09.